The summed E-state index contributed by atoms with van der Waals surface area (Å²) < 4.78 is 5.18. The molecular weight excluding hydrogens is 208 g/mol. The molecular formula is C12H14O4. The summed E-state index contributed by atoms with van der Waals surface area (Å²) in [5.41, 5.74) is 0.599. The standard InChI is InChI=1S/C12H14O4/c1-2-3-7-6-8-9(13)4-5-10(14)11(8)12(15)16-7/h4-5,7,13-14H,2-3,6H2,1H3/t7-/m1/s1. The fourth-order valence-electron chi connectivity index (χ4n) is 2.02. The predicted octanol–water partition coefficient (Wildman–Crippen LogP) is 1.98. The van der Waals surface area contributed by atoms with Gasteiger partial charge in [-0.3, -0.25) is 0 Å². The Hall–Kier alpha value is -1.71. The highest BCUT2D eigenvalue weighted by molar-refractivity contribution is 5.96. The lowest BCUT2D eigenvalue weighted by Gasteiger charge is -2.25. The van der Waals surface area contributed by atoms with Gasteiger partial charge in [-0.15, -0.1) is 0 Å². The quantitative estimate of drug-likeness (QED) is 0.593. The maximum absolute atomic E-state index is 11.7. The molecule has 0 saturated carbocycles. The van der Waals surface area contributed by atoms with Crippen LogP contribution in [0.4, 0.5) is 0 Å². The van der Waals surface area contributed by atoms with Crippen LogP contribution in [-0.2, 0) is 11.2 Å². The first-order valence-electron chi connectivity index (χ1n) is 5.38. The van der Waals surface area contributed by atoms with E-state index in [0.29, 0.717) is 12.0 Å². The third-order valence-corrected chi connectivity index (χ3v) is 2.79. The van der Waals surface area contributed by atoms with Crippen molar-refractivity contribution in [2.24, 2.45) is 0 Å². The van der Waals surface area contributed by atoms with Gasteiger partial charge in [0.05, 0.1) is 0 Å². The number of phenols is 2. The molecule has 1 aliphatic rings. The summed E-state index contributed by atoms with van der Waals surface area (Å²) in [4.78, 5) is 11.7. The van der Waals surface area contributed by atoms with Gasteiger partial charge in [0.2, 0.25) is 0 Å². The van der Waals surface area contributed by atoms with E-state index in [2.05, 4.69) is 0 Å². The maximum atomic E-state index is 11.7. The van der Waals surface area contributed by atoms with Gasteiger partial charge in [-0.1, -0.05) is 13.3 Å². The summed E-state index contributed by atoms with van der Waals surface area (Å²) in [5.74, 6) is -0.633. The minimum Gasteiger partial charge on any atom is -0.508 e. The fraction of sp³-hybridized carbons (Fsp3) is 0.417. The number of carbonyl (C=O) groups excluding carboxylic acids is 1. The zero-order chi connectivity index (χ0) is 11.7. The molecule has 1 aromatic rings. The summed E-state index contributed by atoms with van der Waals surface area (Å²) in [7, 11) is 0. The van der Waals surface area contributed by atoms with Gasteiger partial charge in [0.1, 0.15) is 23.2 Å². The number of rotatable bonds is 2. The van der Waals surface area contributed by atoms with E-state index in [0.717, 1.165) is 12.8 Å². The van der Waals surface area contributed by atoms with Crippen molar-refractivity contribution in [3.05, 3.63) is 23.3 Å². The average Bonchev–Trinajstić information content (AvgIpc) is 2.23. The topological polar surface area (TPSA) is 66.8 Å². The van der Waals surface area contributed by atoms with Crippen LogP contribution in [0.1, 0.15) is 35.7 Å². The molecule has 1 atom stereocenters. The molecule has 0 spiro atoms. The molecule has 0 aromatic heterocycles. The van der Waals surface area contributed by atoms with Crippen molar-refractivity contribution in [2.45, 2.75) is 32.3 Å². The van der Waals surface area contributed by atoms with Crippen LogP contribution in [0.25, 0.3) is 0 Å². The Labute approximate surface area is 93.5 Å². The Bertz CT molecular complexity index is 425. The molecule has 0 saturated heterocycles. The number of phenolic OH excluding ortho intramolecular Hbond substituents is 2. The Morgan fingerprint density at radius 3 is 2.75 bits per heavy atom. The molecule has 1 heterocycles. The third-order valence-electron chi connectivity index (χ3n) is 2.79. The van der Waals surface area contributed by atoms with Crippen molar-refractivity contribution in [3.63, 3.8) is 0 Å². The molecule has 4 heteroatoms. The van der Waals surface area contributed by atoms with E-state index in [1.54, 1.807) is 0 Å². The second kappa shape index (κ2) is 4.04. The van der Waals surface area contributed by atoms with Crippen LogP contribution in [0.3, 0.4) is 0 Å². The van der Waals surface area contributed by atoms with Gasteiger partial charge >= 0.3 is 5.97 Å². The third kappa shape index (κ3) is 1.71. The maximum Gasteiger partial charge on any atom is 0.342 e. The highest BCUT2D eigenvalue weighted by Crippen LogP contribution is 2.35. The number of ether oxygens (including phenoxy) is 1. The number of aromatic hydroxyl groups is 2. The summed E-state index contributed by atoms with van der Waals surface area (Å²) >= 11 is 0. The molecule has 0 amide bonds. The van der Waals surface area contributed by atoms with E-state index < -0.39 is 5.97 Å². The van der Waals surface area contributed by atoms with Crippen LogP contribution in [0.15, 0.2) is 12.1 Å². The zero-order valence-electron chi connectivity index (χ0n) is 9.06. The molecule has 0 aliphatic carbocycles. The number of hydrogen-bond acceptors (Lipinski definition) is 4. The predicted molar refractivity (Wildman–Crippen MR) is 57.6 cm³/mol. The molecule has 0 radical (unpaired) electrons. The Morgan fingerprint density at radius 2 is 2.06 bits per heavy atom. The molecule has 16 heavy (non-hydrogen) atoms. The van der Waals surface area contributed by atoms with Crippen molar-refractivity contribution in [2.75, 3.05) is 0 Å². The van der Waals surface area contributed by atoms with Crippen molar-refractivity contribution >= 4 is 5.97 Å². The minimum atomic E-state index is -0.548. The molecule has 2 N–H and O–H groups in total. The van der Waals surface area contributed by atoms with E-state index in [1.807, 2.05) is 6.92 Å². The van der Waals surface area contributed by atoms with Gasteiger partial charge in [-0.25, -0.2) is 4.79 Å². The number of carbonyl (C=O) groups is 1. The first-order valence-corrected chi connectivity index (χ1v) is 5.38. The second-order valence-corrected chi connectivity index (χ2v) is 3.98. The number of hydrogen-bond donors (Lipinski definition) is 2. The van der Waals surface area contributed by atoms with E-state index in [-0.39, 0.29) is 23.2 Å². The van der Waals surface area contributed by atoms with Gasteiger partial charge in [0, 0.05) is 12.0 Å². The molecule has 0 unspecified atom stereocenters. The van der Waals surface area contributed by atoms with Crippen LogP contribution < -0.4 is 0 Å². The number of cyclic esters (lactones) is 1. The molecule has 0 bridgehead atoms. The van der Waals surface area contributed by atoms with Crippen molar-refractivity contribution in [1.29, 1.82) is 0 Å². The Balaban J connectivity index is 2.42. The molecule has 4 nitrogen and oxygen atoms in total. The SMILES string of the molecule is CCC[C@@H]1Cc2c(O)ccc(O)c2C(=O)O1. The van der Waals surface area contributed by atoms with Gasteiger partial charge in [0.15, 0.2) is 0 Å². The largest absolute Gasteiger partial charge is 0.508 e. The number of benzene rings is 1. The summed E-state index contributed by atoms with van der Waals surface area (Å²) in [6.07, 6.45) is 1.94. The van der Waals surface area contributed by atoms with Crippen LogP contribution in [0.2, 0.25) is 0 Å². The lowest BCUT2D eigenvalue weighted by Crippen LogP contribution is -2.27. The summed E-state index contributed by atoms with van der Waals surface area (Å²) in [5, 5.41) is 19.2. The van der Waals surface area contributed by atoms with E-state index >= 15 is 0 Å². The molecule has 1 aliphatic heterocycles. The molecule has 1 aromatic carbocycles. The fourth-order valence-corrected chi connectivity index (χ4v) is 2.02. The second-order valence-electron chi connectivity index (χ2n) is 3.98. The van der Waals surface area contributed by atoms with Gasteiger partial charge < -0.3 is 14.9 Å². The normalized spacial score (nSPS) is 19.1. The number of fused-ring (bicyclic) bond motifs is 1. The summed E-state index contributed by atoms with van der Waals surface area (Å²) in [6.45, 7) is 2.01. The van der Waals surface area contributed by atoms with Gasteiger partial charge in [-0.05, 0) is 18.6 Å². The van der Waals surface area contributed by atoms with E-state index in [1.165, 1.54) is 12.1 Å². The van der Waals surface area contributed by atoms with Gasteiger partial charge in [-0.2, -0.15) is 0 Å². The van der Waals surface area contributed by atoms with Crippen molar-refractivity contribution in [1.82, 2.24) is 0 Å². The Morgan fingerprint density at radius 1 is 1.38 bits per heavy atom. The minimum absolute atomic E-state index is 0.0468. The average molecular weight is 222 g/mol. The lowest BCUT2D eigenvalue weighted by atomic mass is 9.95. The summed E-state index contributed by atoms with van der Waals surface area (Å²) in [6, 6.07) is 2.70. The van der Waals surface area contributed by atoms with Crippen molar-refractivity contribution in [3.8, 4) is 11.5 Å². The smallest absolute Gasteiger partial charge is 0.342 e. The highest BCUT2D eigenvalue weighted by atomic mass is 16.5. The number of esters is 1. The first-order chi connectivity index (χ1) is 7.63. The Kier molecular flexibility index (Phi) is 2.73. The van der Waals surface area contributed by atoms with E-state index in [9.17, 15) is 15.0 Å². The van der Waals surface area contributed by atoms with Crippen LogP contribution in [0, 0.1) is 0 Å². The van der Waals surface area contributed by atoms with E-state index in [4.69, 9.17) is 4.74 Å². The molecule has 0 fully saturated rings. The van der Waals surface area contributed by atoms with Crippen LogP contribution >= 0.6 is 0 Å². The molecule has 86 valence electrons. The zero-order valence-corrected chi connectivity index (χ0v) is 9.06. The molecule has 2 rings (SSSR count). The monoisotopic (exact) mass is 222 g/mol. The van der Waals surface area contributed by atoms with Crippen LogP contribution in [-0.4, -0.2) is 22.3 Å². The highest BCUT2D eigenvalue weighted by Gasteiger charge is 2.30. The first kappa shape index (κ1) is 10.8. The van der Waals surface area contributed by atoms with Gasteiger partial charge in [0.25, 0.3) is 0 Å². The van der Waals surface area contributed by atoms with Crippen LogP contribution in [0.5, 0.6) is 11.5 Å². The lowest BCUT2D eigenvalue weighted by molar-refractivity contribution is 0.0229. The van der Waals surface area contributed by atoms with Crippen molar-refractivity contribution < 1.29 is 19.7 Å².